The molecule has 2 aromatic rings. The second kappa shape index (κ2) is 4.69. The number of aliphatic hydroxyl groups is 2. The number of nitrogens with one attached hydrogen (secondary N) is 1. The Morgan fingerprint density at radius 2 is 2.25 bits per heavy atom. The second-order valence-electron chi connectivity index (χ2n) is 3.41. The van der Waals surface area contributed by atoms with E-state index < -0.39 is 0 Å². The molecule has 7 heteroatoms. The van der Waals surface area contributed by atoms with Gasteiger partial charge in [-0.05, 0) is 6.42 Å². The van der Waals surface area contributed by atoms with Crippen LogP contribution in [0.1, 0.15) is 12.5 Å². The summed E-state index contributed by atoms with van der Waals surface area (Å²) in [6.45, 7) is -0.0499. The first-order valence-corrected chi connectivity index (χ1v) is 5.30. The summed E-state index contributed by atoms with van der Waals surface area (Å²) in [5, 5.41) is 18.1. The van der Waals surface area contributed by atoms with Gasteiger partial charge in [0.2, 0.25) is 0 Å². The Morgan fingerprint density at radius 3 is 2.94 bits per heavy atom. The molecule has 0 radical (unpaired) electrons. The fourth-order valence-corrected chi connectivity index (χ4v) is 1.82. The highest BCUT2D eigenvalue weighted by atomic mass is 32.1. The van der Waals surface area contributed by atoms with Gasteiger partial charge in [0.1, 0.15) is 11.2 Å². The van der Waals surface area contributed by atoms with Crippen molar-refractivity contribution >= 4 is 23.4 Å². The van der Waals surface area contributed by atoms with Crippen LogP contribution in [0.4, 0.5) is 0 Å². The molecular formula is C9H12N4O2S. The normalized spacial score (nSPS) is 13.1. The van der Waals surface area contributed by atoms with Gasteiger partial charge in [0.15, 0.2) is 4.64 Å². The third kappa shape index (κ3) is 1.84. The van der Waals surface area contributed by atoms with Crippen LogP contribution in [0, 0.1) is 4.64 Å². The number of imidazole rings is 1. The number of hydrogen-bond acceptors (Lipinski definition) is 5. The van der Waals surface area contributed by atoms with Crippen LogP contribution in [0.3, 0.4) is 0 Å². The average Bonchev–Trinajstić information content (AvgIpc) is 2.71. The smallest absolute Gasteiger partial charge is 0.157 e. The maximum absolute atomic E-state index is 9.24. The molecule has 1 unspecified atom stereocenters. The summed E-state index contributed by atoms with van der Waals surface area (Å²) in [5.41, 5.74) is 1.32. The lowest BCUT2D eigenvalue weighted by molar-refractivity contribution is 0.188. The van der Waals surface area contributed by atoms with Crippen LogP contribution in [0.15, 0.2) is 12.7 Å². The zero-order valence-electron chi connectivity index (χ0n) is 8.50. The predicted molar refractivity (Wildman–Crippen MR) is 60.5 cm³/mol. The molecule has 6 nitrogen and oxygen atoms in total. The lowest BCUT2D eigenvalue weighted by Crippen LogP contribution is -2.14. The number of rotatable bonds is 4. The quantitative estimate of drug-likeness (QED) is 0.674. The minimum Gasteiger partial charge on any atom is -0.396 e. The minimum atomic E-state index is -0.206. The van der Waals surface area contributed by atoms with Crippen LogP contribution in [0.5, 0.6) is 0 Å². The molecule has 1 atom stereocenters. The fourth-order valence-electron chi connectivity index (χ4n) is 1.62. The molecular weight excluding hydrogens is 228 g/mol. The van der Waals surface area contributed by atoms with Crippen LogP contribution in [0.2, 0.25) is 0 Å². The van der Waals surface area contributed by atoms with Crippen LogP contribution in [-0.2, 0) is 0 Å². The summed E-state index contributed by atoms with van der Waals surface area (Å²) in [6.07, 6.45) is 3.55. The van der Waals surface area contributed by atoms with E-state index in [1.807, 2.05) is 0 Å². The SMILES string of the molecule is OCCC(CO)n1cnc2c(=S)nc[nH]c21. The monoisotopic (exact) mass is 240 g/mol. The lowest BCUT2D eigenvalue weighted by atomic mass is 10.2. The first-order valence-electron chi connectivity index (χ1n) is 4.90. The number of hydrogen-bond donors (Lipinski definition) is 3. The fraction of sp³-hybridized carbons (Fsp3) is 0.444. The van der Waals surface area contributed by atoms with Crippen LogP contribution < -0.4 is 0 Å². The first kappa shape index (κ1) is 11.2. The molecule has 2 heterocycles. The van der Waals surface area contributed by atoms with Gasteiger partial charge < -0.3 is 19.8 Å². The van der Waals surface area contributed by atoms with E-state index in [0.717, 1.165) is 0 Å². The lowest BCUT2D eigenvalue weighted by Gasteiger charge is -2.14. The second-order valence-corrected chi connectivity index (χ2v) is 3.79. The summed E-state index contributed by atoms with van der Waals surface area (Å²) in [5.74, 6) is 0. The van der Waals surface area contributed by atoms with Gasteiger partial charge in [0.25, 0.3) is 0 Å². The molecule has 2 aromatic heterocycles. The summed E-state index contributed by atoms with van der Waals surface area (Å²) < 4.78 is 2.19. The van der Waals surface area contributed by atoms with Gasteiger partial charge in [-0.25, -0.2) is 9.97 Å². The molecule has 3 N–H and O–H groups in total. The van der Waals surface area contributed by atoms with Crippen molar-refractivity contribution in [3.05, 3.63) is 17.3 Å². The van der Waals surface area contributed by atoms with E-state index in [9.17, 15) is 5.11 Å². The molecule has 0 spiro atoms. The largest absolute Gasteiger partial charge is 0.396 e. The van der Waals surface area contributed by atoms with Gasteiger partial charge in [0.05, 0.1) is 25.3 Å². The van der Waals surface area contributed by atoms with Crippen molar-refractivity contribution in [3.63, 3.8) is 0 Å². The Hall–Kier alpha value is -1.31. The third-order valence-corrected chi connectivity index (χ3v) is 2.74. The molecule has 0 saturated carbocycles. The number of H-pyrrole nitrogens is 1. The van der Waals surface area contributed by atoms with Crippen molar-refractivity contribution in [2.75, 3.05) is 13.2 Å². The van der Waals surface area contributed by atoms with Gasteiger partial charge in [-0.15, -0.1) is 0 Å². The Balaban J connectivity index is 2.52. The van der Waals surface area contributed by atoms with Crippen molar-refractivity contribution in [2.24, 2.45) is 0 Å². The molecule has 0 aliphatic heterocycles. The van der Waals surface area contributed by atoms with Crippen molar-refractivity contribution in [2.45, 2.75) is 12.5 Å². The van der Waals surface area contributed by atoms with Gasteiger partial charge >= 0.3 is 0 Å². The van der Waals surface area contributed by atoms with E-state index in [0.29, 0.717) is 22.2 Å². The van der Waals surface area contributed by atoms with E-state index in [-0.39, 0.29) is 19.3 Å². The van der Waals surface area contributed by atoms with Crippen molar-refractivity contribution in [3.8, 4) is 0 Å². The number of aromatic nitrogens is 4. The molecule has 0 saturated heterocycles. The first-order chi connectivity index (χ1) is 7.77. The summed E-state index contributed by atoms with van der Waals surface area (Å²) in [7, 11) is 0. The maximum atomic E-state index is 9.24. The Bertz CT molecular complexity index is 536. The summed E-state index contributed by atoms with van der Waals surface area (Å²) in [6, 6.07) is -0.206. The van der Waals surface area contributed by atoms with Gasteiger partial charge in [-0.3, -0.25) is 0 Å². The highest BCUT2D eigenvalue weighted by Crippen LogP contribution is 2.17. The van der Waals surface area contributed by atoms with Gasteiger partial charge in [-0.2, -0.15) is 0 Å². The number of nitrogens with zero attached hydrogens (tertiary/aromatic N) is 3. The number of aromatic amines is 1. The Morgan fingerprint density at radius 1 is 1.44 bits per heavy atom. The molecule has 0 aromatic carbocycles. The summed E-state index contributed by atoms with van der Waals surface area (Å²) >= 11 is 5.04. The zero-order chi connectivity index (χ0) is 11.5. The van der Waals surface area contributed by atoms with Crippen molar-refractivity contribution in [1.29, 1.82) is 0 Å². The summed E-state index contributed by atoms with van der Waals surface area (Å²) in [4.78, 5) is 11.0. The molecule has 16 heavy (non-hydrogen) atoms. The number of fused-ring (bicyclic) bond motifs is 1. The molecule has 0 aliphatic rings. The van der Waals surface area contributed by atoms with Gasteiger partial charge in [0, 0.05) is 6.61 Å². The molecule has 0 fully saturated rings. The van der Waals surface area contributed by atoms with Crippen LogP contribution in [0.25, 0.3) is 11.2 Å². The van der Waals surface area contributed by atoms with E-state index in [1.165, 1.54) is 6.33 Å². The average molecular weight is 240 g/mol. The molecule has 2 rings (SSSR count). The van der Waals surface area contributed by atoms with Crippen LogP contribution >= 0.6 is 12.2 Å². The minimum absolute atomic E-state index is 0.0106. The van der Waals surface area contributed by atoms with Crippen LogP contribution in [-0.4, -0.2) is 42.9 Å². The van der Waals surface area contributed by atoms with E-state index in [2.05, 4.69) is 15.0 Å². The molecule has 0 bridgehead atoms. The predicted octanol–water partition coefficient (Wildman–Crippen LogP) is 0.405. The highest BCUT2D eigenvalue weighted by Gasteiger charge is 2.13. The van der Waals surface area contributed by atoms with E-state index >= 15 is 0 Å². The van der Waals surface area contributed by atoms with Crippen molar-refractivity contribution in [1.82, 2.24) is 19.5 Å². The Kier molecular flexibility index (Phi) is 3.28. The number of aliphatic hydroxyl groups excluding tert-OH is 2. The highest BCUT2D eigenvalue weighted by molar-refractivity contribution is 7.71. The van der Waals surface area contributed by atoms with Crippen molar-refractivity contribution < 1.29 is 10.2 Å². The van der Waals surface area contributed by atoms with E-state index in [1.54, 1.807) is 10.9 Å². The standard InChI is InChI=1S/C9H12N4O2S/c14-2-1-6(3-15)13-5-12-7-8(13)10-4-11-9(7)16/h4-6,14-15H,1-3H2,(H,10,11,16). The molecule has 86 valence electrons. The topological polar surface area (TPSA) is 87.0 Å². The van der Waals surface area contributed by atoms with E-state index in [4.69, 9.17) is 17.3 Å². The molecule has 0 aliphatic carbocycles. The Labute approximate surface area is 96.6 Å². The van der Waals surface area contributed by atoms with Gasteiger partial charge in [-0.1, -0.05) is 12.2 Å². The third-order valence-electron chi connectivity index (χ3n) is 2.45. The zero-order valence-corrected chi connectivity index (χ0v) is 9.31. The molecule has 0 amide bonds. The maximum Gasteiger partial charge on any atom is 0.157 e.